The number of hydrogen-bond acceptors (Lipinski definition) is 2. The molecule has 1 aromatic carbocycles. The van der Waals surface area contributed by atoms with E-state index in [1.54, 1.807) is 4.90 Å². The summed E-state index contributed by atoms with van der Waals surface area (Å²) in [6, 6.07) is 2.44. The molecular formula is C11H16F2N2. The molecule has 84 valence electrons. The number of rotatable bonds is 4. The van der Waals surface area contributed by atoms with Gasteiger partial charge in [0.2, 0.25) is 0 Å². The Balaban J connectivity index is 3.15. The topological polar surface area (TPSA) is 29.3 Å². The first-order chi connectivity index (χ1) is 7.11. The van der Waals surface area contributed by atoms with Gasteiger partial charge < -0.3 is 10.6 Å². The first-order valence-electron chi connectivity index (χ1n) is 5.10. The van der Waals surface area contributed by atoms with Crippen molar-refractivity contribution in [1.29, 1.82) is 0 Å². The third kappa shape index (κ3) is 2.37. The summed E-state index contributed by atoms with van der Waals surface area (Å²) in [7, 11) is 0. The highest BCUT2D eigenvalue weighted by Crippen LogP contribution is 2.28. The van der Waals surface area contributed by atoms with Crippen molar-refractivity contribution >= 4 is 11.4 Å². The summed E-state index contributed by atoms with van der Waals surface area (Å²) in [5.74, 6) is -1.71. The minimum Gasteiger partial charge on any atom is -0.397 e. The van der Waals surface area contributed by atoms with Gasteiger partial charge in [-0.15, -0.1) is 0 Å². The van der Waals surface area contributed by atoms with E-state index in [0.29, 0.717) is 13.1 Å². The molecule has 0 heterocycles. The highest BCUT2D eigenvalue weighted by Gasteiger charge is 2.16. The summed E-state index contributed by atoms with van der Waals surface area (Å²) in [6.07, 6.45) is 0.864. The third-order valence-electron chi connectivity index (χ3n) is 2.29. The number of nitrogens with two attached hydrogens (primary N) is 1. The van der Waals surface area contributed by atoms with E-state index in [1.807, 2.05) is 13.8 Å². The predicted molar refractivity (Wildman–Crippen MR) is 58.9 cm³/mol. The van der Waals surface area contributed by atoms with Crippen molar-refractivity contribution in [2.24, 2.45) is 0 Å². The molecule has 0 aromatic heterocycles. The smallest absolute Gasteiger partial charge is 0.184 e. The first-order valence-corrected chi connectivity index (χ1v) is 5.10. The maximum absolute atomic E-state index is 13.5. The molecule has 0 bridgehead atoms. The Morgan fingerprint density at radius 2 is 1.93 bits per heavy atom. The number of nitrogens with zero attached hydrogens (tertiary/aromatic N) is 1. The lowest BCUT2D eigenvalue weighted by Crippen LogP contribution is -2.25. The van der Waals surface area contributed by atoms with Gasteiger partial charge in [-0.2, -0.15) is 0 Å². The molecule has 1 rings (SSSR count). The Bertz CT molecular complexity index is 340. The van der Waals surface area contributed by atoms with Gasteiger partial charge >= 0.3 is 0 Å². The molecule has 2 nitrogen and oxygen atoms in total. The van der Waals surface area contributed by atoms with Crippen molar-refractivity contribution < 1.29 is 8.78 Å². The van der Waals surface area contributed by atoms with Crippen LogP contribution in [0.25, 0.3) is 0 Å². The average Bonchev–Trinajstić information content (AvgIpc) is 2.22. The number of halogens is 2. The SMILES string of the molecule is CCCN(CC)c1c(N)ccc(F)c1F. The van der Waals surface area contributed by atoms with Crippen molar-refractivity contribution in [3.05, 3.63) is 23.8 Å². The normalized spacial score (nSPS) is 10.4. The second kappa shape index (κ2) is 4.96. The van der Waals surface area contributed by atoms with E-state index in [0.717, 1.165) is 12.5 Å². The van der Waals surface area contributed by atoms with Crippen LogP contribution >= 0.6 is 0 Å². The van der Waals surface area contributed by atoms with Crippen LogP contribution in [0.15, 0.2) is 12.1 Å². The van der Waals surface area contributed by atoms with E-state index in [1.165, 1.54) is 6.07 Å². The molecule has 0 saturated heterocycles. The summed E-state index contributed by atoms with van der Waals surface area (Å²) < 4.78 is 26.6. The molecule has 0 amide bonds. The lowest BCUT2D eigenvalue weighted by atomic mass is 10.2. The molecule has 0 spiro atoms. The Morgan fingerprint density at radius 1 is 1.27 bits per heavy atom. The fraction of sp³-hybridized carbons (Fsp3) is 0.455. The van der Waals surface area contributed by atoms with Crippen molar-refractivity contribution in [2.45, 2.75) is 20.3 Å². The van der Waals surface area contributed by atoms with Gasteiger partial charge in [0, 0.05) is 13.1 Å². The quantitative estimate of drug-likeness (QED) is 0.781. The second-order valence-corrected chi connectivity index (χ2v) is 3.38. The van der Waals surface area contributed by atoms with E-state index in [9.17, 15) is 8.78 Å². The summed E-state index contributed by atoms with van der Waals surface area (Å²) in [6.45, 7) is 5.15. The van der Waals surface area contributed by atoms with Crippen LogP contribution in [0.4, 0.5) is 20.2 Å². The lowest BCUT2D eigenvalue weighted by Gasteiger charge is -2.24. The van der Waals surface area contributed by atoms with Crippen molar-refractivity contribution in [3.63, 3.8) is 0 Å². The summed E-state index contributed by atoms with van der Waals surface area (Å²) >= 11 is 0. The average molecular weight is 214 g/mol. The first kappa shape index (κ1) is 11.8. The number of nitrogen functional groups attached to an aromatic ring is 1. The molecule has 15 heavy (non-hydrogen) atoms. The fourth-order valence-electron chi connectivity index (χ4n) is 1.57. The number of anilines is 2. The molecule has 4 heteroatoms. The van der Waals surface area contributed by atoms with Crippen LogP contribution in [0.1, 0.15) is 20.3 Å². The molecule has 0 atom stereocenters. The van der Waals surface area contributed by atoms with Crippen molar-refractivity contribution in [3.8, 4) is 0 Å². The standard InChI is InChI=1S/C11H16F2N2/c1-3-7-15(4-2)11-9(14)6-5-8(12)10(11)13/h5-6H,3-4,7,14H2,1-2H3. The van der Waals surface area contributed by atoms with Gasteiger partial charge in [-0.25, -0.2) is 8.78 Å². The summed E-state index contributed by atoms with van der Waals surface area (Å²) in [5, 5.41) is 0. The fourth-order valence-corrected chi connectivity index (χ4v) is 1.57. The zero-order valence-corrected chi connectivity index (χ0v) is 9.06. The van der Waals surface area contributed by atoms with Gasteiger partial charge in [0.05, 0.1) is 11.4 Å². The molecule has 0 fully saturated rings. The zero-order valence-electron chi connectivity index (χ0n) is 9.06. The maximum atomic E-state index is 13.5. The van der Waals surface area contributed by atoms with Crippen LogP contribution in [0.3, 0.4) is 0 Å². The van der Waals surface area contributed by atoms with E-state index in [4.69, 9.17) is 5.73 Å². The van der Waals surface area contributed by atoms with Gasteiger partial charge in [-0.3, -0.25) is 0 Å². The molecule has 0 unspecified atom stereocenters. The Morgan fingerprint density at radius 3 is 2.47 bits per heavy atom. The molecule has 0 saturated carbocycles. The van der Waals surface area contributed by atoms with Crippen LogP contribution in [0.2, 0.25) is 0 Å². The van der Waals surface area contributed by atoms with Crippen LogP contribution in [0.5, 0.6) is 0 Å². The molecule has 0 aliphatic heterocycles. The molecule has 0 radical (unpaired) electrons. The highest BCUT2D eigenvalue weighted by molar-refractivity contribution is 5.68. The van der Waals surface area contributed by atoms with Crippen LogP contribution < -0.4 is 10.6 Å². The Kier molecular flexibility index (Phi) is 3.88. The lowest BCUT2D eigenvalue weighted by molar-refractivity contribution is 0.506. The third-order valence-corrected chi connectivity index (χ3v) is 2.29. The highest BCUT2D eigenvalue weighted by atomic mass is 19.2. The predicted octanol–water partition coefficient (Wildman–Crippen LogP) is 2.78. The van der Waals surface area contributed by atoms with Crippen LogP contribution in [-0.2, 0) is 0 Å². The molecule has 2 N–H and O–H groups in total. The number of hydrogen-bond donors (Lipinski definition) is 1. The van der Waals surface area contributed by atoms with E-state index in [-0.39, 0.29) is 11.4 Å². The van der Waals surface area contributed by atoms with Gasteiger partial charge in [0.1, 0.15) is 0 Å². The van der Waals surface area contributed by atoms with Gasteiger partial charge in [0.25, 0.3) is 0 Å². The van der Waals surface area contributed by atoms with Gasteiger partial charge in [0.15, 0.2) is 11.6 Å². The molecule has 0 aliphatic carbocycles. The Hall–Kier alpha value is -1.32. The maximum Gasteiger partial charge on any atom is 0.184 e. The Labute approximate surface area is 88.7 Å². The molecule has 1 aromatic rings. The van der Waals surface area contributed by atoms with Crippen LogP contribution in [-0.4, -0.2) is 13.1 Å². The monoisotopic (exact) mass is 214 g/mol. The van der Waals surface area contributed by atoms with E-state index < -0.39 is 11.6 Å². The summed E-state index contributed by atoms with van der Waals surface area (Å²) in [4.78, 5) is 1.74. The minimum atomic E-state index is -0.856. The van der Waals surface area contributed by atoms with Crippen LogP contribution in [0, 0.1) is 11.6 Å². The largest absolute Gasteiger partial charge is 0.397 e. The van der Waals surface area contributed by atoms with E-state index in [2.05, 4.69) is 0 Å². The van der Waals surface area contributed by atoms with E-state index >= 15 is 0 Å². The second-order valence-electron chi connectivity index (χ2n) is 3.38. The minimum absolute atomic E-state index is 0.180. The van der Waals surface area contributed by atoms with Gasteiger partial charge in [-0.1, -0.05) is 6.92 Å². The summed E-state index contributed by atoms with van der Waals surface area (Å²) in [5.41, 5.74) is 6.11. The molecule has 0 aliphatic rings. The van der Waals surface area contributed by atoms with Crippen molar-refractivity contribution in [1.82, 2.24) is 0 Å². The molecular weight excluding hydrogens is 198 g/mol. The van der Waals surface area contributed by atoms with Crippen molar-refractivity contribution in [2.75, 3.05) is 23.7 Å². The number of benzene rings is 1. The zero-order chi connectivity index (χ0) is 11.4. The van der Waals surface area contributed by atoms with Gasteiger partial charge in [-0.05, 0) is 25.5 Å².